The number of aromatic amines is 1. The van der Waals surface area contributed by atoms with Crippen LogP contribution in [0.2, 0.25) is 5.02 Å². The molecule has 4 aromatic rings. The monoisotopic (exact) mass is 415 g/mol. The quantitative estimate of drug-likeness (QED) is 0.479. The summed E-state index contributed by atoms with van der Waals surface area (Å²) >= 11 is 8.94. The Morgan fingerprint density at radius 1 is 1.04 bits per heavy atom. The van der Waals surface area contributed by atoms with E-state index in [2.05, 4.69) is 20.1 Å². The Labute approximate surface area is 168 Å². The van der Waals surface area contributed by atoms with Gasteiger partial charge in [-0.2, -0.15) is 9.50 Å². The molecule has 0 amide bonds. The maximum absolute atomic E-state index is 12.3. The Morgan fingerprint density at radius 2 is 1.89 bits per heavy atom. The molecule has 27 heavy (non-hydrogen) atoms. The van der Waals surface area contributed by atoms with Crippen LogP contribution >= 0.6 is 35.1 Å². The Morgan fingerprint density at radius 3 is 2.67 bits per heavy atom. The normalized spacial score (nSPS) is 11.1. The minimum Gasteiger partial charge on any atom is -0.267 e. The van der Waals surface area contributed by atoms with E-state index < -0.39 is 0 Å². The zero-order chi connectivity index (χ0) is 18.6. The van der Waals surface area contributed by atoms with Gasteiger partial charge in [-0.15, -0.1) is 11.8 Å². The van der Waals surface area contributed by atoms with Crippen LogP contribution in [0.5, 0.6) is 0 Å². The number of benzene rings is 1. The van der Waals surface area contributed by atoms with Gasteiger partial charge in [0.05, 0.1) is 10.7 Å². The molecule has 0 spiro atoms. The lowest BCUT2D eigenvalue weighted by molar-refractivity contribution is 0.844. The first-order valence-electron chi connectivity index (χ1n) is 8.07. The highest BCUT2D eigenvalue weighted by Gasteiger charge is 2.09. The van der Waals surface area contributed by atoms with Crippen molar-refractivity contribution in [2.75, 3.05) is 0 Å². The van der Waals surface area contributed by atoms with Gasteiger partial charge in [0.1, 0.15) is 0 Å². The van der Waals surface area contributed by atoms with Crippen LogP contribution in [0, 0.1) is 0 Å². The van der Waals surface area contributed by atoms with Crippen molar-refractivity contribution in [3.05, 3.63) is 81.4 Å². The first kappa shape index (κ1) is 18.1. The lowest BCUT2D eigenvalue weighted by atomic mass is 10.2. The molecule has 3 heterocycles. The average molecular weight is 416 g/mol. The van der Waals surface area contributed by atoms with Crippen LogP contribution in [-0.4, -0.2) is 24.6 Å². The van der Waals surface area contributed by atoms with Gasteiger partial charge in [-0.1, -0.05) is 41.6 Å². The predicted molar refractivity (Wildman–Crippen MR) is 108 cm³/mol. The van der Waals surface area contributed by atoms with Crippen molar-refractivity contribution < 1.29 is 0 Å². The number of hydrogen-bond acceptors (Lipinski definition) is 6. The van der Waals surface area contributed by atoms with Gasteiger partial charge in [0.15, 0.2) is 5.16 Å². The smallest absolute Gasteiger partial charge is 0.267 e. The first-order valence-corrected chi connectivity index (χ1v) is 10.4. The number of aromatic nitrogens is 5. The van der Waals surface area contributed by atoms with E-state index in [1.807, 2.05) is 42.5 Å². The minimum atomic E-state index is -0.178. The summed E-state index contributed by atoms with van der Waals surface area (Å²) in [5, 5.41) is 5.23. The highest BCUT2D eigenvalue weighted by atomic mass is 35.5. The van der Waals surface area contributed by atoms with Crippen molar-refractivity contribution in [1.82, 2.24) is 24.6 Å². The third-order valence-electron chi connectivity index (χ3n) is 3.66. The van der Waals surface area contributed by atoms with Gasteiger partial charge in [0.25, 0.3) is 11.3 Å². The van der Waals surface area contributed by atoms with Crippen molar-refractivity contribution >= 4 is 40.9 Å². The number of fused-ring (bicyclic) bond motifs is 1. The Bertz CT molecular complexity index is 1110. The molecule has 0 saturated heterocycles. The fraction of sp³-hybridized carbons (Fsp3) is 0.111. The zero-order valence-electron chi connectivity index (χ0n) is 14.0. The molecule has 9 heteroatoms. The van der Waals surface area contributed by atoms with Gasteiger partial charge < -0.3 is 0 Å². The van der Waals surface area contributed by atoms with Crippen LogP contribution in [0.3, 0.4) is 0 Å². The molecule has 0 aliphatic heterocycles. The standard InChI is InChI=1S/C18H14ClN5OS2/c19-13-6-4-12(5-7-13)10-27-18-22-17-21-14(9-16(25)24(17)23-18)11-26-15-3-1-2-8-20-15/h1-9H,10-11H2,(H,21,22,23). The first-order chi connectivity index (χ1) is 13.2. The third-order valence-corrected chi connectivity index (χ3v) is 5.82. The highest BCUT2D eigenvalue weighted by molar-refractivity contribution is 7.98. The van der Waals surface area contributed by atoms with Crippen LogP contribution < -0.4 is 5.56 Å². The van der Waals surface area contributed by atoms with Crippen LogP contribution in [0.15, 0.2) is 69.7 Å². The van der Waals surface area contributed by atoms with Gasteiger partial charge in [0.2, 0.25) is 0 Å². The summed E-state index contributed by atoms with van der Waals surface area (Å²) in [5.74, 6) is 1.65. The number of nitrogens with zero attached hydrogens (tertiary/aromatic N) is 4. The molecule has 4 rings (SSSR count). The predicted octanol–water partition coefficient (Wildman–Crippen LogP) is 4.05. The van der Waals surface area contributed by atoms with Crippen molar-refractivity contribution in [2.45, 2.75) is 21.7 Å². The van der Waals surface area contributed by atoms with E-state index in [4.69, 9.17) is 11.6 Å². The van der Waals surface area contributed by atoms with E-state index in [1.54, 1.807) is 6.20 Å². The number of thioether (sulfide) groups is 2. The highest BCUT2D eigenvalue weighted by Crippen LogP contribution is 2.22. The zero-order valence-corrected chi connectivity index (χ0v) is 16.4. The van der Waals surface area contributed by atoms with Gasteiger partial charge in [-0.25, -0.2) is 9.97 Å². The summed E-state index contributed by atoms with van der Waals surface area (Å²) in [6, 6.07) is 14.9. The van der Waals surface area contributed by atoms with E-state index >= 15 is 0 Å². The molecule has 0 bridgehead atoms. The fourth-order valence-electron chi connectivity index (χ4n) is 2.36. The van der Waals surface area contributed by atoms with Gasteiger partial charge >= 0.3 is 0 Å². The molecule has 0 fully saturated rings. The second kappa shape index (κ2) is 8.16. The summed E-state index contributed by atoms with van der Waals surface area (Å²) in [7, 11) is 0. The van der Waals surface area contributed by atoms with Crippen LogP contribution in [0.4, 0.5) is 0 Å². The summed E-state index contributed by atoms with van der Waals surface area (Å²) in [6.45, 7) is 0. The number of nitrogens with one attached hydrogen (secondary N) is 1. The van der Waals surface area contributed by atoms with Crippen molar-refractivity contribution in [2.24, 2.45) is 0 Å². The number of pyridine rings is 1. The Hall–Kier alpha value is -2.29. The molecular formula is C18H14ClN5OS2. The molecule has 1 aromatic carbocycles. The number of H-pyrrole nitrogens is 1. The lowest BCUT2D eigenvalue weighted by Crippen LogP contribution is -2.15. The lowest BCUT2D eigenvalue weighted by Gasteiger charge is -2.00. The maximum atomic E-state index is 12.3. The van der Waals surface area contributed by atoms with Gasteiger partial charge in [-0.3, -0.25) is 9.89 Å². The second-order valence-electron chi connectivity index (χ2n) is 5.62. The van der Waals surface area contributed by atoms with E-state index in [0.717, 1.165) is 10.6 Å². The molecule has 1 N–H and O–H groups in total. The van der Waals surface area contributed by atoms with E-state index in [9.17, 15) is 4.79 Å². The molecule has 6 nitrogen and oxygen atoms in total. The van der Waals surface area contributed by atoms with E-state index in [1.165, 1.54) is 34.1 Å². The van der Waals surface area contributed by atoms with Crippen molar-refractivity contribution in [3.8, 4) is 0 Å². The Kier molecular flexibility index (Phi) is 5.47. The fourth-order valence-corrected chi connectivity index (χ4v) is 4.04. The van der Waals surface area contributed by atoms with Crippen LogP contribution in [0.25, 0.3) is 5.78 Å². The summed E-state index contributed by atoms with van der Waals surface area (Å²) in [4.78, 5) is 25.5. The largest absolute Gasteiger partial charge is 0.274 e. The number of halogens is 1. The average Bonchev–Trinajstić information content (AvgIpc) is 3.10. The molecule has 0 saturated carbocycles. The van der Waals surface area contributed by atoms with Crippen LogP contribution in [-0.2, 0) is 11.5 Å². The van der Waals surface area contributed by atoms with E-state index in [-0.39, 0.29) is 5.56 Å². The third kappa shape index (κ3) is 4.52. The molecule has 0 atom stereocenters. The van der Waals surface area contributed by atoms with Gasteiger partial charge in [0, 0.05) is 28.8 Å². The number of rotatable bonds is 6. The SMILES string of the molecule is O=c1cc(CSc2ccccn2)nc2nc(SCc3ccc(Cl)cc3)[nH]n12. The molecule has 0 unspecified atom stereocenters. The Balaban J connectivity index is 1.49. The summed E-state index contributed by atoms with van der Waals surface area (Å²) in [6.07, 6.45) is 1.74. The number of hydrogen-bond donors (Lipinski definition) is 1. The van der Waals surface area contributed by atoms with E-state index in [0.29, 0.717) is 33.2 Å². The maximum Gasteiger partial charge on any atom is 0.274 e. The van der Waals surface area contributed by atoms with Crippen molar-refractivity contribution in [3.63, 3.8) is 0 Å². The molecule has 0 radical (unpaired) electrons. The molecule has 3 aromatic heterocycles. The molecule has 0 aliphatic rings. The molecule has 0 aliphatic carbocycles. The molecule has 136 valence electrons. The van der Waals surface area contributed by atoms with Crippen molar-refractivity contribution in [1.29, 1.82) is 0 Å². The van der Waals surface area contributed by atoms with Gasteiger partial charge in [-0.05, 0) is 29.8 Å². The summed E-state index contributed by atoms with van der Waals surface area (Å²) in [5.41, 5.74) is 1.62. The summed E-state index contributed by atoms with van der Waals surface area (Å²) < 4.78 is 1.36. The van der Waals surface area contributed by atoms with Crippen LogP contribution in [0.1, 0.15) is 11.3 Å². The minimum absolute atomic E-state index is 0.178. The molecular weight excluding hydrogens is 402 g/mol. The second-order valence-corrected chi connectivity index (χ2v) is 8.02. The topological polar surface area (TPSA) is 75.9 Å².